The van der Waals surface area contributed by atoms with Crippen molar-refractivity contribution in [2.75, 3.05) is 13.1 Å². The van der Waals surface area contributed by atoms with Crippen LogP contribution in [0.25, 0.3) is 0 Å². The highest BCUT2D eigenvalue weighted by atomic mass is 16.5. The summed E-state index contributed by atoms with van der Waals surface area (Å²) in [6.45, 7) is 7.14. The molecule has 0 aromatic heterocycles. The zero-order chi connectivity index (χ0) is 17.5. The number of hydrogen-bond donors (Lipinski definition) is 0. The first kappa shape index (κ1) is 17.0. The van der Waals surface area contributed by atoms with E-state index in [1.54, 1.807) is 11.0 Å². The molecule has 5 heteroatoms. The molecule has 0 radical (unpaired) electrons. The summed E-state index contributed by atoms with van der Waals surface area (Å²) < 4.78 is 5.83. The smallest absolute Gasteiger partial charge is 0.230 e. The summed E-state index contributed by atoms with van der Waals surface area (Å²) in [7, 11) is 0. The monoisotopic (exact) mass is 330 g/mol. The number of fused-ring (bicyclic) bond motifs is 1. The Morgan fingerprint density at radius 1 is 1.42 bits per heavy atom. The number of nitrogens with zero attached hydrogens (tertiary/aromatic N) is 1. The third-order valence-electron chi connectivity index (χ3n) is 5.20. The predicted octanol–water partition coefficient (Wildman–Crippen LogP) is 1.21. The molecule has 0 aromatic carbocycles. The second kappa shape index (κ2) is 6.20. The minimum atomic E-state index is -1.19. The van der Waals surface area contributed by atoms with Gasteiger partial charge in [0.2, 0.25) is 5.91 Å². The molecule has 3 rings (SSSR count). The number of ether oxygens (including phenoxy) is 1. The fourth-order valence-electron chi connectivity index (χ4n) is 3.96. The number of carboxylic acids is 1. The van der Waals surface area contributed by atoms with Crippen molar-refractivity contribution in [1.82, 2.24) is 4.90 Å². The van der Waals surface area contributed by atoms with E-state index in [9.17, 15) is 14.7 Å². The topological polar surface area (TPSA) is 69.7 Å². The lowest BCUT2D eigenvalue weighted by Gasteiger charge is -2.24. The van der Waals surface area contributed by atoms with Gasteiger partial charge in [0.25, 0.3) is 0 Å². The Morgan fingerprint density at radius 3 is 2.83 bits per heavy atom. The van der Waals surface area contributed by atoms with Gasteiger partial charge in [0.05, 0.1) is 18.6 Å². The van der Waals surface area contributed by atoms with Crippen LogP contribution in [0, 0.1) is 11.8 Å². The van der Waals surface area contributed by atoms with Gasteiger partial charge < -0.3 is 19.5 Å². The molecule has 4 atom stereocenters. The molecule has 2 fully saturated rings. The molecule has 0 aliphatic carbocycles. The molecule has 2 bridgehead atoms. The van der Waals surface area contributed by atoms with E-state index in [2.05, 4.69) is 32.9 Å². The molecule has 130 valence electrons. The van der Waals surface area contributed by atoms with E-state index in [1.807, 2.05) is 6.08 Å². The number of carboxylic acid groups (broad SMARTS) is 1. The van der Waals surface area contributed by atoms with E-state index in [0.29, 0.717) is 13.1 Å². The van der Waals surface area contributed by atoms with Gasteiger partial charge in [-0.15, -0.1) is 0 Å². The first-order valence-electron chi connectivity index (χ1n) is 8.50. The molecule has 3 aliphatic heterocycles. The van der Waals surface area contributed by atoms with E-state index in [-0.39, 0.29) is 5.91 Å². The first-order chi connectivity index (χ1) is 11.3. The lowest BCUT2D eigenvalue weighted by Crippen LogP contribution is -2.45. The molecule has 0 unspecified atom stereocenters. The molecule has 0 aromatic rings. The third kappa shape index (κ3) is 2.81. The quantitative estimate of drug-likeness (QED) is 0.687. The molecular formula is C19H24NO4-. The van der Waals surface area contributed by atoms with Crippen LogP contribution < -0.4 is 5.11 Å². The maximum absolute atomic E-state index is 12.7. The summed E-state index contributed by atoms with van der Waals surface area (Å²) in [4.78, 5) is 25.8. The van der Waals surface area contributed by atoms with Crippen molar-refractivity contribution in [3.63, 3.8) is 0 Å². The average molecular weight is 330 g/mol. The maximum Gasteiger partial charge on any atom is 0.230 e. The van der Waals surface area contributed by atoms with Crippen molar-refractivity contribution in [1.29, 1.82) is 0 Å². The van der Waals surface area contributed by atoms with Crippen molar-refractivity contribution in [3.05, 3.63) is 35.5 Å². The lowest BCUT2D eigenvalue weighted by atomic mass is 9.77. The van der Waals surface area contributed by atoms with E-state index in [0.717, 1.165) is 12.8 Å². The van der Waals surface area contributed by atoms with Crippen LogP contribution in [-0.4, -0.2) is 41.6 Å². The van der Waals surface area contributed by atoms with Crippen molar-refractivity contribution < 1.29 is 19.4 Å². The number of rotatable bonds is 6. The second-order valence-electron chi connectivity index (χ2n) is 7.31. The number of aliphatic carboxylic acids is 1. The first-order valence-corrected chi connectivity index (χ1v) is 8.50. The normalized spacial score (nSPS) is 34.0. The van der Waals surface area contributed by atoms with Crippen molar-refractivity contribution in [2.24, 2.45) is 11.8 Å². The molecule has 24 heavy (non-hydrogen) atoms. The van der Waals surface area contributed by atoms with Crippen LogP contribution in [-0.2, 0) is 14.3 Å². The average Bonchev–Trinajstić information content (AvgIpc) is 3.13. The summed E-state index contributed by atoms with van der Waals surface area (Å²) in [5.74, 6) is -2.84. The van der Waals surface area contributed by atoms with Crippen LogP contribution in [0.2, 0.25) is 0 Å². The summed E-state index contributed by atoms with van der Waals surface area (Å²) >= 11 is 0. The number of carbonyl (C=O) groups excluding carboxylic acids is 2. The molecule has 0 N–H and O–H groups in total. The highest BCUT2D eigenvalue weighted by molar-refractivity contribution is 5.90. The van der Waals surface area contributed by atoms with Gasteiger partial charge in [-0.1, -0.05) is 35.5 Å². The van der Waals surface area contributed by atoms with Gasteiger partial charge in [0.15, 0.2) is 0 Å². The molecule has 3 heterocycles. The molecule has 3 aliphatic rings. The second-order valence-corrected chi connectivity index (χ2v) is 7.31. The van der Waals surface area contributed by atoms with Gasteiger partial charge >= 0.3 is 0 Å². The Bertz CT molecular complexity index is 644. The molecule has 5 nitrogen and oxygen atoms in total. The zero-order valence-corrected chi connectivity index (χ0v) is 14.5. The van der Waals surface area contributed by atoms with E-state index in [4.69, 9.17) is 4.74 Å². The lowest BCUT2D eigenvalue weighted by molar-refractivity contribution is -0.313. The van der Waals surface area contributed by atoms with Crippen LogP contribution >= 0.6 is 0 Å². The molecule has 0 saturated carbocycles. The van der Waals surface area contributed by atoms with E-state index in [1.165, 1.54) is 11.1 Å². The summed E-state index contributed by atoms with van der Waals surface area (Å²) in [6.07, 6.45) is 9.31. The van der Waals surface area contributed by atoms with E-state index >= 15 is 0 Å². The summed E-state index contributed by atoms with van der Waals surface area (Å²) in [6, 6.07) is 0. The van der Waals surface area contributed by atoms with Crippen LogP contribution in [0.3, 0.4) is 0 Å². The van der Waals surface area contributed by atoms with Crippen molar-refractivity contribution in [2.45, 2.75) is 45.3 Å². The standard InChI is InChI=1S/C19H25NO4/c1-12(2)5-4-6-13(3)8-10-20-11-19-9-7-14(24-19)15(18(22)23)16(19)17(20)21/h5,7-9,14-16H,4,6,10-11H2,1-3H3,(H,22,23)/p-1/b13-8+/t14-,15-,16+,19-/m0/s1. The van der Waals surface area contributed by atoms with Gasteiger partial charge in [-0.3, -0.25) is 4.79 Å². The van der Waals surface area contributed by atoms with Gasteiger partial charge in [0.1, 0.15) is 5.60 Å². The van der Waals surface area contributed by atoms with Crippen molar-refractivity contribution >= 4 is 11.9 Å². The van der Waals surface area contributed by atoms with E-state index < -0.39 is 29.5 Å². The van der Waals surface area contributed by atoms with Crippen LogP contribution in [0.4, 0.5) is 0 Å². The van der Waals surface area contributed by atoms with Crippen molar-refractivity contribution in [3.8, 4) is 0 Å². The van der Waals surface area contributed by atoms with Crippen LogP contribution in [0.15, 0.2) is 35.5 Å². The van der Waals surface area contributed by atoms with Crippen LogP contribution in [0.1, 0.15) is 33.6 Å². The van der Waals surface area contributed by atoms with Gasteiger partial charge in [-0.05, 0) is 33.6 Å². The highest BCUT2D eigenvalue weighted by Crippen LogP contribution is 2.51. The minimum absolute atomic E-state index is 0.135. The predicted molar refractivity (Wildman–Crippen MR) is 87.7 cm³/mol. The Balaban J connectivity index is 1.66. The Morgan fingerprint density at radius 2 is 2.17 bits per heavy atom. The Labute approximate surface area is 142 Å². The zero-order valence-electron chi connectivity index (χ0n) is 14.5. The van der Waals surface area contributed by atoms with Gasteiger partial charge in [0, 0.05) is 18.4 Å². The minimum Gasteiger partial charge on any atom is -0.550 e. The van der Waals surface area contributed by atoms with Gasteiger partial charge in [-0.25, -0.2) is 0 Å². The van der Waals surface area contributed by atoms with Gasteiger partial charge in [-0.2, -0.15) is 0 Å². The molecule has 1 spiro atoms. The number of allylic oxidation sites excluding steroid dienone is 3. The molecule has 1 amide bonds. The summed E-state index contributed by atoms with van der Waals surface area (Å²) in [5, 5.41) is 11.4. The highest BCUT2D eigenvalue weighted by Gasteiger charge is 2.65. The molecule has 2 saturated heterocycles. The Kier molecular flexibility index (Phi) is 4.38. The fraction of sp³-hybridized carbons (Fsp3) is 0.579. The number of likely N-dealkylation sites (tertiary alicyclic amines) is 1. The van der Waals surface area contributed by atoms with Crippen LogP contribution in [0.5, 0.6) is 0 Å². The fourth-order valence-corrected chi connectivity index (χ4v) is 3.96. The number of amides is 1. The number of carbonyl (C=O) groups is 2. The maximum atomic E-state index is 12.7. The largest absolute Gasteiger partial charge is 0.550 e. The third-order valence-corrected chi connectivity index (χ3v) is 5.20. The summed E-state index contributed by atoms with van der Waals surface area (Å²) in [5.41, 5.74) is 1.76. The SMILES string of the molecule is CC(C)=CCC/C(C)=C/CN1C[C@]23C=C[C@H](O2)[C@H](C(=O)[O-])[C@@H]3C1=O. The number of hydrogen-bond acceptors (Lipinski definition) is 4. The Hall–Kier alpha value is -1.88. The molecular weight excluding hydrogens is 306 g/mol.